The Labute approximate surface area is 129 Å². The number of halogens is 1. The van der Waals surface area contributed by atoms with Crippen molar-refractivity contribution in [1.29, 1.82) is 0 Å². The van der Waals surface area contributed by atoms with Gasteiger partial charge in [0.05, 0.1) is 0 Å². The van der Waals surface area contributed by atoms with Gasteiger partial charge in [0, 0.05) is 24.3 Å². The number of aryl methyl sites for hydroxylation is 1. The van der Waals surface area contributed by atoms with Gasteiger partial charge in [-0.25, -0.2) is 4.39 Å². The lowest BCUT2D eigenvalue weighted by Crippen LogP contribution is -2.35. The van der Waals surface area contributed by atoms with Gasteiger partial charge in [-0.3, -0.25) is 0 Å². The highest BCUT2D eigenvalue weighted by atomic mass is 19.1. The third-order valence-electron chi connectivity index (χ3n) is 4.39. The molecule has 0 heterocycles. The number of rotatable bonds is 8. The van der Waals surface area contributed by atoms with Crippen LogP contribution >= 0.6 is 0 Å². The van der Waals surface area contributed by atoms with E-state index >= 15 is 0 Å². The molecule has 0 saturated heterocycles. The van der Waals surface area contributed by atoms with E-state index in [2.05, 4.69) is 37.9 Å². The predicted octanol–water partition coefficient (Wildman–Crippen LogP) is 4.82. The topological polar surface area (TPSA) is 15.3 Å². The molecule has 2 unspecified atom stereocenters. The third kappa shape index (κ3) is 4.44. The second-order valence-corrected chi connectivity index (χ2v) is 5.97. The summed E-state index contributed by atoms with van der Waals surface area (Å²) in [7, 11) is 1.92. The Balaban J connectivity index is 3.29. The van der Waals surface area contributed by atoms with Crippen LogP contribution in [0.15, 0.2) is 12.1 Å². The molecule has 21 heavy (non-hydrogen) atoms. The minimum Gasteiger partial charge on any atom is -0.369 e. The summed E-state index contributed by atoms with van der Waals surface area (Å²) in [6, 6.07) is 4.32. The molecular formula is C18H31FN2. The highest BCUT2D eigenvalue weighted by Crippen LogP contribution is 2.31. The van der Waals surface area contributed by atoms with Crippen molar-refractivity contribution >= 4 is 5.69 Å². The van der Waals surface area contributed by atoms with Crippen molar-refractivity contribution in [2.24, 2.45) is 0 Å². The lowest BCUT2D eigenvalue weighted by atomic mass is 10.0. The SMILES string of the molecule is CCCCN(c1cc(C)c(F)cc1C(C)NC)C(C)CC. The van der Waals surface area contributed by atoms with Gasteiger partial charge < -0.3 is 10.2 Å². The fourth-order valence-electron chi connectivity index (χ4n) is 2.56. The molecule has 0 radical (unpaired) electrons. The van der Waals surface area contributed by atoms with E-state index < -0.39 is 0 Å². The average Bonchev–Trinajstić information content (AvgIpc) is 2.49. The van der Waals surface area contributed by atoms with Gasteiger partial charge in [-0.1, -0.05) is 20.3 Å². The van der Waals surface area contributed by atoms with Crippen LogP contribution in [0.3, 0.4) is 0 Å². The van der Waals surface area contributed by atoms with Crippen LogP contribution in [0.4, 0.5) is 10.1 Å². The molecule has 2 atom stereocenters. The van der Waals surface area contributed by atoms with Gasteiger partial charge in [-0.15, -0.1) is 0 Å². The number of nitrogens with one attached hydrogen (secondary N) is 1. The molecule has 120 valence electrons. The summed E-state index contributed by atoms with van der Waals surface area (Å²) in [5, 5.41) is 3.24. The van der Waals surface area contributed by atoms with Crippen molar-refractivity contribution < 1.29 is 4.39 Å². The molecule has 0 aromatic heterocycles. The van der Waals surface area contributed by atoms with Gasteiger partial charge in [0.25, 0.3) is 0 Å². The molecule has 0 fully saturated rings. The quantitative estimate of drug-likeness (QED) is 0.739. The van der Waals surface area contributed by atoms with Crippen LogP contribution in [-0.4, -0.2) is 19.6 Å². The fraction of sp³-hybridized carbons (Fsp3) is 0.667. The summed E-state index contributed by atoms with van der Waals surface area (Å²) in [5.74, 6) is -0.115. The molecule has 0 spiro atoms. The number of benzene rings is 1. The van der Waals surface area contributed by atoms with E-state index in [4.69, 9.17) is 0 Å². The highest BCUT2D eigenvalue weighted by molar-refractivity contribution is 5.57. The molecule has 0 aliphatic carbocycles. The van der Waals surface area contributed by atoms with Gasteiger partial charge in [0.1, 0.15) is 5.82 Å². The molecule has 2 nitrogen and oxygen atoms in total. The van der Waals surface area contributed by atoms with Gasteiger partial charge in [-0.05, 0) is 63.9 Å². The van der Waals surface area contributed by atoms with Crippen molar-refractivity contribution in [3.05, 3.63) is 29.1 Å². The number of hydrogen-bond acceptors (Lipinski definition) is 2. The third-order valence-corrected chi connectivity index (χ3v) is 4.39. The maximum Gasteiger partial charge on any atom is 0.126 e. The van der Waals surface area contributed by atoms with Crippen LogP contribution in [0.2, 0.25) is 0 Å². The first kappa shape index (κ1) is 18.0. The van der Waals surface area contributed by atoms with E-state index in [-0.39, 0.29) is 11.9 Å². The van der Waals surface area contributed by atoms with Crippen LogP contribution in [0, 0.1) is 12.7 Å². The Bertz CT molecular complexity index is 445. The zero-order valence-corrected chi connectivity index (χ0v) is 14.5. The zero-order valence-electron chi connectivity index (χ0n) is 14.5. The largest absolute Gasteiger partial charge is 0.369 e. The maximum atomic E-state index is 14.0. The smallest absolute Gasteiger partial charge is 0.126 e. The molecule has 0 saturated carbocycles. The minimum absolute atomic E-state index is 0.115. The lowest BCUT2D eigenvalue weighted by Gasteiger charge is -2.34. The first-order valence-corrected chi connectivity index (χ1v) is 8.20. The Morgan fingerprint density at radius 1 is 1.24 bits per heavy atom. The van der Waals surface area contributed by atoms with Crippen LogP contribution in [-0.2, 0) is 0 Å². The minimum atomic E-state index is -0.115. The second kappa shape index (κ2) is 8.38. The number of anilines is 1. The molecule has 1 aromatic carbocycles. The van der Waals surface area contributed by atoms with E-state index in [1.165, 1.54) is 12.1 Å². The van der Waals surface area contributed by atoms with Crippen molar-refractivity contribution in [2.75, 3.05) is 18.5 Å². The summed E-state index contributed by atoms with van der Waals surface area (Å²) >= 11 is 0. The van der Waals surface area contributed by atoms with Crippen LogP contribution in [0.25, 0.3) is 0 Å². The van der Waals surface area contributed by atoms with E-state index in [1.54, 1.807) is 6.07 Å². The number of nitrogens with zero attached hydrogens (tertiary/aromatic N) is 1. The van der Waals surface area contributed by atoms with E-state index in [0.717, 1.165) is 30.5 Å². The van der Waals surface area contributed by atoms with Gasteiger partial charge in [-0.2, -0.15) is 0 Å². The van der Waals surface area contributed by atoms with Gasteiger partial charge in [0.2, 0.25) is 0 Å². The predicted molar refractivity (Wildman–Crippen MR) is 90.6 cm³/mol. The lowest BCUT2D eigenvalue weighted by molar-refractivity contribution is 0.573. The second-order valence-electron chi connectivity index (χ2n) is 5.97. The summed E-state index contributed by atoms with van der Waals surface area (Å²) in [6.45, 7) is 11.6. The highest BCUT2D eigenvalue weighted by Gasteiger charge is 2.20. The summed E-state index contributed by atoms with van der Waals surface area (Å²) < 4.78 is 14.0. The Morgan fingerprint density at radius 3 is 2.43 bits per heavy atom. The normalized spacial score (nSPS) is 14.0. The van der Waals surface area contributed by atoms with Crippen molar-refractivity contribution in [1.82, 2.24) is 5.32 Å². The standard InChI is InChI=1S/C18H31FN2/c1-7-9-10-21(14(4)8-2)18-11-13(3)17(19)12-16(18)15(5)20-6/h11-12,14-15,20H,7-10H2,1-6H3. The Kier molecular flexibility index (Phi) is 7.16. The first-order valence-electron chi connectivity index (χ1n) is 8.20. The molecule has 0 aliphatic heterocycles. The zero-order chi connectivity index (χ0) is 16.0. The molecule has 0 bridgehead atoms. The number of hydrogen-bond donors (Lipinski definition) is 1. The molecular weight excluding hydrogens is 263 g/mol. The molecule has 0 aliphatic rings. The fourth-order valence-corrected chi connectivity index (χ4v) is 2.56. The molecule has 1 rings (SSSR count). The van der Waals surface area contributed by atoms with Crippen molar-refractivity contribution in [3.8, 4) is 0 Å². The monoisotopic (exact) mass is 294 g/mol. The summed E-state index contributed by atoms with van der Waals surface area (Å²) in [6.07, 6.45) is 3.42. The van der Waals surface area contributed by atoms with Crippen molar-refractivity contribution in [2.45, 2.75) is 66.0 Å². The average molecular weight is 294 g/mol. The van der Waals surface area contributed by atoms with Crippen LogP contribution < -0.4 is 10.2 Å². The molecule has 1 aromatic rings. The molecule has 1 N–H and O–H groups in total. The van der Waals surface area contributed by atoms with Crippen LogP contribution in [0.5, 0.6) is 0 Å². The molecule has 0 amide bonds. The van der Waals surface area contributed by atoms with E-state index in [0.29, 0.717) is 6.04 Å². The van der Waals surface area contributed by atoms with E-state index in [1.807, 2.05) is 20.0 Å². The van der Waals surface area contributed by atoms with E-state index in [9.17, 15) is 4.39 Å². The number of unbranched alkanes of at least 4 members (excludes halogenated alkanes) is 1. The maximum absolute atomic E-state index is 14.0. The van der Waals surface area contributed by atoms with Crippen molar-refractivity contribution in [3.63, 3.8) is 0 Å². The molecule has 3 heteroatoms. The summed E-state index contributed by atoms with van der Waals surface area (Å²) in [4.78, 5) is 2.44. The Morgan fingerprint density at radius 2 is 1.90 bits per heavy atom. The first-order chi connectivity index (χ1) is 9.96. The Hall–Kier alpha value is -1.09. The summed E-state index contributed by atoms with van der Waals surface area (Å²) in [5.41, 5.74) is 2.96. The van der Waals surface area contributed by atoms with Gasteiger partial charge in [0.15, 0.2) is 0 Å². The van der Waals surface area contributed by atoms with Gasteiger partial charge >= 0.3 is 0 Å². The van der Waals surface area contributed by atoms with Crippen LogP contribution in [0.1, 0.15) is 64.1 Å².